The highest BCUT2D eigenvalue weighted by atomic mass is 16.5. The Morgan fingerprint density at radius 1 is 1.22 bits per heavy atom. The molecule has 0 aromatic heterocycles. The van der Waals surface area contributed by atoms with Crippen LogP contribution >= 0.6 is 0 Å². The molecule has 2 aromatic carbocycles. The molecule has 1 aliphatic carbocycles. The summed E-state index contributed by atoms with van der Waals surface area (Å²) in [5.41, 5.74) is 3.52. The predicted molar refractivity (Wildman–Crippen MR) is 72.5 cm³/mol. The van der Waals surface area contributed by atoms with Crippen molar-refractivity contribution >= 4 is 16.6 Å². The molecule has 0 radical (unpaired) electrons. The molecule has 0 amide bonds. The second kappa shape index (κ2) is 4.13. The molecule has 0 aliphatic heterocycles. The van der Waals surface area contributed by atoms with Gasteiger partial charge in [0.15, 0.2) is 5.78 Å². The number of carbonyl (C=O) groups excluding carboxylic acids is 1. The molecule has 0 heterocycles. The largest absolute Gasteiger partial charge is 0.497 e. The van der Waals surface area contributed by atoms with Crippen LogP contribution in [0.4, 0.5) is 0 Å². The number of aryl methyl sites for hydroxylation is 1. The van der Waals surface area contributed by atoms with Crippen LogP contribution < -0.4 is 4.74 Å². The Morgan fingerprint density at radius 3 is 2.78 bits per heavy atom. The Bertz CT molecular complexity index is 641. The van der Waals surface area contributed by atoms with Gasteiger partial charge in [-0.2, -0.15) is 0 Å². The van der Waals surface area contributed by atoms with Gasteiger partial charge in [-0.15, -0.1) is 0 Å². The molecule has 0 fully saturated rings. The van der Waals surface area contributed by atoms with Gasteiger partial charge in [0.2, 0.25) is 0 Å². The molecule has 0 unspecified atom stereocenters. The van der Waals surface area contributed by atoms with Crippen molar-refractivity contribution in [2.45, 2.75) is 26.2 Å². The van der Waals surface area contributed by atoms with Crippen LogP contribution in [-0.2, 0) is 12.8 Å². The second-order valence-electron chi connectivity index (χ2n) is 4.89. The van der Waals surface area contributed by atoms with E-state index in [1.807, 2.05) is 18.2 Å². The lowest BCUT2D eigenvalue weighted by atomic mass is 9.93. The Labute approximate surface area is 107 Å². The van der Waals surface area contributed by atoms with Crippen molar-refractivity contribution in [3.63, 3.8) is 0 Å². The lowest BCUT2D eigenvalue weighted by Gasteiger charge is -2.11. The zero-order valence-corrected chi connectivity index (χ0v) is 10.7. The van der Waals surface area contributed by atoms with Gasteiger partial charge in [0.05, 0.1) is 7.11 Å². The molecule has 92 valence electrons. The first kappa shape index (κ1) is 11.3. The van der Waals surface area contributed by atoms with E-state index >= 15 is 0 Å². The van der Waals surface area contributed by atoms with Crippen molar-refractivity contribution in [3.05, 3.63) is 41.0 Å². The smallest absolute Gasteiger partial charge is 0.160 e. The van der Waals surface area contributed by atoms with E-state index in [1.165, 1.54) is 11.1 Å². The van der Waals surface area contributed by atoms with Crippen LogP contribution in [0, 0.1) is 0 Å². The fraction of sp³-hybridized carbons (Fsp3) is 0.312. The normalized spacial score (nSPS) is 13.7. The van der Waals surface area contributed by atoms with Crippen LogP contribution in [0.25, 0.3) is 10.8 Å². The highest BCUT2D eigenvalue weighted by Gasteiger charge is 2.20. The maximum absolute atomic E-state index is 11.9. The maximum atomic E-state index is 11.9. The molecule has 0 saturated heterocycles. The van der Waals surface area contributed by atoms with Crippen molar-refractivity contribution < 1.29 is 9.53 Å². The Morgan fingerprint density at radius 2 is 2.06 bits per heavy atom. The van der Waals surface area contributed by atoms with Gasteiger partial charge in [-0.3, -0.25) is 4.79 Å². The van der Waals surface area contributed by atoms with E-state index in [1.54, 1.807) is 14.0 Å². The number of methoxy groups -OCH3 is 1. The number of Topliss-reactive ketones (excluding diaryl/α,β-unsaturated/α-hetero) is 1. The summed E-state index contributed by atoms with van der Waals surface area (Å²) in [6.45, 7) is 1.66. The molecule has 2 aromatic rings. The quantitative estimate of drug-likeness (QED) is 0.750. The third-order valence-corrected chi connectivity index (χ3v) is 3.77. The highest BCUT2D eigenvalue weighted by molar-refractivity contribution is 6.09. The first-order valence-corrected chi connectivity index (χ1v) is 6.34. The average molecular weight is 240 g/mol. The topological polar surface area (TPSA) is 26.3 Å². The summed E-state index contributed by atoms with van der Waals surface area (Å²) < 4.78 is 5.26. The van der Waals surface area contributed by atoms with Crippen LogP contribution in [0.5, 0.6) is 5.75 Å². The van der Waals surface area contributed by atoms with Crippen LogP contribution in [0.15, 0.2) is 24.3 Å². The van der Waals surface area contributed by atoms with Gasteiger partial charge in [0.1, 0.15) is 5.75 Å². The number of hydrogen-bond acceptors (Lipinski definition) is 2. The molecule has 0 saturated carbocycles. The van der Waals surface area contributed by atoms with Gasteiger partial charge in [-0.1, -0.05) is 6.07 Å². The van der Waals surface area contributed by atoms with Gasteiger partial charge in [0.25, 0.3) is 0 Å². The summed E-state index contributed by atoms with van der Waals surface area (Å²) in [5.74, 6) is 1.01. The van der Waals surface area contributed by atoms with Crippen molar-refractivity contribution in [2.24, 2.45) is 0 Å². The van der Waals surface area contributed by atoms with Gasteiger partial charge < -0.3 is 4.74 Å². The molecule has 0 atom stereocenters. The lowest BCUT2D eigenvalue weighted by Crippen LogP contribution is -2.01. The standard InChI is InChI=1S/C16H16O2/c1-10(17)16-14-5-3-4-11(14)8-12-9-13(18-2)6-7-15(12)16/h6-9H,3-5H2,1-2H3. The van der Waals surface area contributed by atoms with Gasteiger partial charge in [-0.05, 0) is 66.3 Å². The molecular weight excluding hydrogens is 224 g/mol. The minimum absolute atomic E-state index is 0.170. The molecule has 0 bridgehead atoms. The third-order valence-electron chi connectivity index (χ3n) is 3.77. The number of benzene rings is 2. The average Bonchev–Trinajstić information content (AvgIpc) is 2.82. The number of carbonyl (C=O) groups is 1. The Hall–Kier alpha value is -1.83. The Kier molecular flexibility index (Phi) is 2.58. The number of rotatable bonds is 2. The highest BCUT2D eigenvalue weighted by Crippen LogP contribution is 2.34. The van der Waals surface area contributed by atoms with Crippen molar-refractivity contribution in [1.82, 2.24) is 0 Å². The fourth-order valence-electron chi connectivity index (χ4n) is 2.98. The molecule has 3 rings (SSSR count). The third kappa shape index (κ3) is 1.60. The summed E-state index contributed by atoms with van der Waals surface area (Å²) in [4.78, 5) is 11.9. The monoisotopic (exact) mass is 240 g/mol. The predicted octanol–water partition coefficient (Wildman–Crippen LogP) is 3.54. The van der Waals surface area contributed by atoms with Gasteiger partial charge >= 0.3 is 0 Å². The van der Waals surface area contributed by atoms with E-state index in [0.29, 0.717) is 0 Å². The molecule has 2 heteroatoms. The van der Waals surface area contributed by atoms with Crippen LogP contribution in [-0.4, -0.2) is 12.9 Å². The van der Waals surface area contributed by atoms with E-state index in [2.05, 4.69) is 6.07 Å². The zero-order chi connectivity index (χ0) is 12.7. The van der Waals surface area contributed by atoms with E-state index in [-0.39, 0.29) is 5.78 Å². The fourth-order valence-corrected chi connectivity index (χ4v) is 2.98. The minimum atomic E-state index is 0.170. The summed E-state index contributed by atoms with van der Waals surface area (Å²) >= 11 is 0. The van der Waals surface area contributed by atoms with Crippen molar-refractivity contribution in [2.75, 3.05) is 7.11 Å². The number of ketones is 1. The second-order valence-corrected chi connectivity index (χ2v) is 4.89. The summed E-state index contributed by atoms with van der Waals surface area (Å²) in [6, 6.07) is 8.16. The molecule has 2 nitrogen and oxygen atoms in total. The van der Waals surface area contributed by atoms with Crippen LogP contribution in [0.3, 0.4) is 0 Å². The molecule has 0 N–H and O–H groups in total. The number of hydrogen-bond donors (Lipinski definition) is 0. The first-order valence-electron chi connectivity index (χ1n) is 6.34. The number of ether oxygens (including phenoxy) is 1. The molecule has 18 heavy (non-hydrogen) atoms. The summed E-state index contributed by atoms with van der Waals surface area (Å²) in [5, 5.41) is 2.17. The zero-order valence-electron chi connectivity index (χ0n) is 10.7. The van der Waals surface area contributed by atoms with E-state index < -0.39 is 0 Å². The Balaban J connectivity index is 2.37. The van der Waals surface area contributed by atoms with Crippen molar-refractivity contribution in [1.29, 1.82) is 0 Å². The van der Waals surface area contributed by atoms with E-state index in [9.17, 15) is 4.79 Å². The van der Waals surface area contributed by atoms with E-state index in [0.717, 1.165) is 41.3 Å². The van der Waals surface area contributed by atoms with Crippen LogP contribution in [0.1, 0.15) is 34.8 Å². The summed E-state index contributed by atoms with van der Waals surface area (Å²) in [7, 11) is 1.67. The minimum Gasteiger partial charge on any atom is -0.497 e. The molecule has 1 aliphatic rings. The molecular formula is C16H16O2. The van der Waals surface area contributed by atoms with Crippen LogP contribution in [0.2, 0.25) is 0 Å². The number of fused-ring (bicyclic) bond motifs is 2. The van der Waals surface area contributed by atoms with Gasteiger partial charge in [-0.25, -0.2) is 0 Å². The lowest BCUT2D eigenvalue weighted by molar-refractivity contribution is 0.101. The first-order chi connectivity index (χ1) is 8.70. The van der Waals surface area contributed by atoms with E-state index in [4.69, 9.17) is 4.74 Å². The molecule has 0 spiro atoms. The van der Waals surface area contributed by atoms with Gasteiger partial charge in [0, 0.05) is 5.56 Å². The maximum Gasteiger partial charge on any atom is 0.160 e. The SMILES string of the molecule is COc1ccc2c(C(C)=O)c3c(cc2c1)CCC3. The summed E-state index contributed by atoms with van der Waals surface area (Å²) in [6.07, 6.45) is 3.28. The van der Waals surface area contributed by atoms with Crippen molar-refractivity contribution in [3.8, 4) is 5.75 Å².